The van der Waals surface area contributed by atoms with Crippen LogP contribution in [-0.4, -0.2) is 54.8 Å². The van der Waals surface area contributed by atoms with E-state index in [4.69, 9.17) is 27.9 Å². The van der Waals surface area contributed by atoms with Crippen molar-refractivity contribution in [2.45, 2.75) is 71.3 Å². The molecule has 5 nitrogen and oxygen atoms in total. The predicted molar refractivity (Wildman–Crippen MR) is 154 cm³/mol. The van der Waals surface area contributed by atoms with Gasteiger partial charge in [-0.2, -0.15) is 0 Å². The molecule has 0 radical (unpaired) electrons. The maximum atomic E-state index is 13.1. The van der Waals surface area contributed by atoms with Crippen molar-refractivity contribution in [1.82, 2.24) is 4.90 Å². The summed E-state index contributed by atoms with van der Waals surface area (Å²) in [5, 5.41) is 0. The molecule has 1 aromatic rings. The summed E-state index contributed by atoms with van der Waals surface area (Å²) < 4.78 is 6.23. The van der Waals surface area contributed by atoms with E-state index in [2.05, 4.69) is 24.8 Å². The number of benzene rings is 1. The second kappa shape index (κ2) is 11.0. The Morgan fingerprint density at radius 1 is 1.05 bits per heavy atom. The first-order valence-corrected chi connectivity index (χ1v) is 15.4. The molecule has 5 rings (SSSR count). The summed E-state index contributed by atoms with van der Waals surface area (Å²) in [7, 11) is 1.95. The summed E-state index contributed by atoms with van der Waals surface area (Å²) >= 11 is 11.9. The number of esters is 1. The summed E-state index contributed by atoms with van der Waals surface area (Å²) in [5.41, 5.74) is 3.39. The summed E-state index contributed by atoms with van der Waals surface area (Å²) in [5.74, 6) is 2.96. The molecule has 1 amide bonds. The number of likely N-dealkylation sites (tertiary alicyclic amines) is 1. The van der Waals surface area contributed by atoms with Crippen LogP contribution in [0.5, 0.6) is 0 Å². The normalized spacial score (nSPS) is 34.2. The smallest absolute Gasteiger partial charge is 0.310 e. The fourth-order valence-electron chi connectivity index (χ4n) is 8.49. The Morgan fingerprint density at radius 2 is 1.76 bits per heavy atom. The highest BCUT2D eigenvalue weighted by Gasteiger charge is 2.60. The van der Waals surface area contributed by atoms with E-state index in [0.717, 1.165) is 62.9 Å². The van der Waals surface area contributed by atoms with E-state index in [1.54, 1.807) is 0 Å². The van der Waals surface area contributed by atoms with Crippen molar-refractivity contribution in [2.75, 3.05) is 36.8 Å². The van der Waals surface area contributed by atoms with Crippen molar-refractivity contribution in [3.8, 4) is 0 Å². The number of hydrogen-bond donors (Lipinski definition) is 0. The van der Waals surface area contributed by atoms with Crippen LogP contribution in [0.3, 0.4) is 0 Å². The number of carbonyl (C=O) groups excluding carboxylic acids is 2. The van der Waals surface area contributed by atoms with Crippen molar-refractivity contribution >= 4 is 40.8 Å². The van der Waals surface area contributed by atoms with Crippen LogP contribution in [-0.2, 0) is 20.7 Å². The molecular formula is C31H42Cl2N2O3. The Morgan fingerprint density at radius 3 is 2.45 bits per heavy atom. The maximum Gasteiger partial charge on any atom is 0.310 e. The van der Waals surface area contributed by atoms with Gasteiger partial charge < -0.3 is 14.5 Å². The second-order valence-corrected chi connectivity index (χ2v) is 13.1. The van der Waals surface area contributed by atoms with E-state index in [9.17, 15) is 9.59 Å². The van der Waals surface area contributed by atoms with Crippen LogP contribution in [0.15, 0.2) is 36.0 Å². The van der Waals surface area contributed by atoms with Crippen LogP contribution >= 0.6 is 23.2 Å². The van der Waals surface area contributed by atoms with E-state index >= 15 is 0 Å². The molecule has 0 N–H and O–H groups in total. The molecule has 6 atom stereocenters. The third-order valence-corrected chi connectivity index (χ3v) is 10.9. The van der Waals surface area contributed by atoms with Crippen LogP contribution in [0.25, 0.3) is 0 Å². The molecule has 2 saturated carbocycles. The van der Waals surface area contributed by atoms with Crippen molar-refractivity contribution < 1.29 is 14.3 Å². The third kappa shape index (κ3) is 4.87. The van der Waals surface area contributed by atoms with Gasteiger partial charge in [0.1, 0.15) is 6.10 Å². The molecule has 38 heavy (non-hydrogen) atoms. The summed E-state index contributed by atoms with van der Waals surface area (Å²) in [6.07, 6.45) is 9.57. The van der Waals surface area contributed by atoms with E-state index in [1.165, 1.54) is 5.70 Å². The minimum Gasteiger partial charge on any atom is -0.462 e. The quantitative estimate of drug-likeness (QED) is 0.272. The number of carbonyl (C=O) groups is 2. The van der Waals surface area contributed by atoms with Gasteiger partial charge in [-0.15, -0.1) is 23.2 Å². The fourth-order valence-corrected chi connectivity index (χ4v) is 8.90. The molecule has 7 heteroatoms. The van der Waals surface area contributed by atoms with Crippen LogP contribution < -0.4 is 4.90 Å². The van der Waals surface area contributed by atoms with Crippen LogP contribution in [0, 0.1) is 28.6 Å². The average Bonchev–Trinajstić information content (AvgIpc) is 3.23. The molecule has 1 aromatic carbocycles. The Balaban J connectivity index is 1.23. The van der Waals surface area contributed by atoms with Gasteiger partial charge in [-0.05, 0) is 74.0 Å². The zero-order valence-corrected chi connectivity index (χ0v) is 24.6. The van der Waals surface area contributed by atoms with Gasteiger partial charge >= 0.3 is 5.97 Å². The lowest BCUT2D eigenvalue weighted by atomic mass is 9.49. The van der Waals surface area contributed by atoms with Gasteiger partial charge in [0.25, 0.3) is 0 Å². The van der Waals surface area contributed by atoms with Gasteiger partial charge in [0.15, 0.2) is 0 Å². The van der Waals surface area contributed by atoms with Crippen LogP contribution in [0.2, 0.25) is 0 Å². The lowest BCUT2D eigenvalue weighted by molar-refractivity contribution is -0.159. The van der Waals surface area contributed by atoms with E-state index in [1.807, 2.05) is 36.2 Å². The number of fused-ring (bicyclic) bond motifs is 5. The molecule has 0 aromatic heterocycles. The van der Waals surface area contributed by atoms with Gasteiger partial charge in [-0.25, -0.2) is 0 Å². The van der Waals surface area contributed by atoms with Crippen LogP contribution in [0.1, 0.15) is 64.4 Å². The summed E-state index contributed by atoms with van der Waals surface area (Å²) in [4.78, 5) is 29.5. The number of halogens is 2. The van der Waals surface area contributed by atoms with Gasteiger partial charge in [0.2, 0.25) is 5.91 Å². The number of allylic oxidation sites excluding steroid dienone is 2. The van der Waals surface area contributed by atoms with E-state index in [0.29, 0.717) is 42.4 Å². The number of nitrogens with zero attached hydrogens (tertiary/aromatic N) is 2. The SMILES string of the molecule is CN1C(=O)CCC2(C)C1=CCC1C2CCC2(C)C(OC(=O)Cc3ccc(N(CCCl)CCCl)cc3)CCC12. The zero-order valence-electron chi connectivity index (χ0n) is 23.1. The number of amides is 1. The lowest BCUT2D eigenvalue weighted by Crippen LogP contribution is -2.54. The highest BCUT2D eigenvalue weighted by molar-refractivity contribution is 6.18. The van der Waals surface area contributed by atoms with Gasteiger partial charge in [-0.3, -0.25) is 9.59 Å². The first-order valence-electron chi connectivity index (χ1n) is 14.3. The molecule has 0 bridgehead atoms. The zero-order chi connectivity index (χ0) is 27.1. The number of hydrogen-bond acceptors (Lipinski definition) is 4. The second-order valence-electron chi connectivity index (χ2n) is 12.4. The van der Waals surface area contributed by atoms with Gasteiger partial charge in [0.05, 0.1) is 6.42 Å². The number of anilines is 1. The van der Waals surface area contributed by atoms with Gasteiger partial charge in [0, 0.05) is 60.5 Å². The van der Waals surface area contributed by atoms with Crippen molar-refractivity contribution in [1.29, 1.82) is 0 Å². The standard InChI is InChI=1S/C31H42Cl2N2O3/c1-30-15-13-28(36)34(3)26(30)10-8-23-24-9-11-27(31(24,2)14-12-25(23)30)38-29(37)20-21-4-6-22(7-5-21)35(18-16-32)19-17-33/h4-7,10,23-25,27H,8-9,11-20H2,1-3H3. The fraction of sp³-hybridized carbons (Fsp3) is 0.677. The number of ether oxygens (including phenoxy) is 1. The Kier molecular flexibility index (Phi) is 8.09. The molecule has 1 saturated heterocycles. The minimum atomic E-state index is -0.129. The largest absolute Gasteiger partial charge is 0.462 e. The van der Waals surface area contributed by atoms with E-state index < -0.39 is 0 Å². The maximum absolute atomic E-state index is 13.1. The molecule has 1 heterocycles. The highest BCUT2D eigenvalue weighted by atomic mass is 35.5. The summed E-state index contributed by atoms with van der Waals surface area (Å²) in [6.45, 7) is 6.24. The molecule has 0 spiro atoms. The first kappa shape index (κ1) is 27.8. The minimum absolute atomic E-state index is 0.0167. The monoisotopic (exact) mass is 560 g/mol. The Labute approximate surface area is 237 Å². The molecule has 4 aliphatic rings. The molecule has 208 valence electrons. The lowest BCUT2D eigenvalue weighted by Gasteiger charge is -2.58. The molecule has 3 aliphatic carbocycles. The Bertz CT molecular complexity index is 1070. The number of piperidine rings is 1. The third-order valence-electron chi connectivity index (χ3n) is 10.6. The molecule has 3 fully saturated rings. The Hall–Kier alpha value is -1.72. The van der Waals surface area contributed by atoms with Gasteiger partial charge in [-0.1, -0.05) is 32.1 Å². The number of rotatable bonds is 8. The number of alkyl halides is 2. The first-order chi connectivity index (χ1) is 18.2. The van der Waals surface area contributed by atoms with Crippen molar-refractivity contribution in [3.05, 3.63) is 41.6 Å². The molecule has 6 unspecified atom stereocenters. The van der Waals surface area contributed by atoms with Crippen molar-refractivity contribution in [3.63, 3.8) is 0 Å². The van der Waals surface area contributed by atoms with Crippen LogP contribution in [0.4, 0.5) is 5.69 Å². The predicted octanol–water partition coefficient (Wildman–Crippen LogP) is 6.41. The topological polar surface area (TPSA) is 49.9 Å². The van der Waals surface area contributed by atoms with E-state index in [-0.39, 0.29) is 28.8 Å². The summed E-state index contributed by atoms with van der Waals surface area (Å²) in [6, 6.07) is 8.10. The molecular weight excluding hydrogens is 519 g/mol. The average molecular weight is 562 g/mol. The highest BCUT2D eigenvalue weighted by Crippen LogP contribution is 2.64. The molecule has 1 aliphatic heterocycles. The van der Waals surface area contributed by atoms with Crippen molar-refractivity contribution in [2.24, 2.45) is 28.6 Å².